The Hall–Kier alpha value is -2.05. The van der Waals surface area contributed by atoms with Crippen LogP contribution < -0.4 is 10.6 Å². The highest BCUT2D eigenvalue weighted by molar-refractivity contribution is 7.80. The summed E-state index contributed by atoms with van der Waals surface area (Å²) in [5, 5.41) is 8.04. The van der Waals surface area contributed by atoms with Crippen LogP contribution in [0.3, 0.4) is 0 Å². The van der Waals surface area contributed by atoms with Gasteiger partial charge in [0.25, 0.3) is 0 Å². The van der Waals surface area contributed by atoms with Crippen LogP contribution in [0.15, 0.2) is 48.9 Å². The average molecular weight is 300 g/mol. The van der Waals surface area contributed by atoms with Crippen LogP contribution >= 0.6 is 23.8 Å². The van der Waals surface area contributed by atoms with Gasteiger partial charge in [-0.2, -0.15) is 4.37 Å². The van der Waals surface area contributed by atoms with E-state index in [9.17, 15) is 0 Å². The fraction of sp³-hybridized carbons (Fsp3) is 0.0714. The zero-order valence-electron chi connectivity index (χ0n) is 10.5. The molecule has 4 nitrogen and oxygen atoms in total. The number of pyridine rings is 1. The normalized spacial score (nSPS) is 10.4. The third-order valence-electron chi connectivity index (χ3n) is 2.79. The first-order valence-corrected chi connectivity index (χ1v) is 7.27. The fourth-order valence-corrected chi connectivity index (χ4v) is 2.63. The van der Waals surface area contributed by atoms with E-state index in [1.54, 1.807) is 6.20 Å². The van der Waals surface area contributed by atoms with E-state index in [0.717, 1.165) is 16.6 Å². The minimum Gasteiger partial charge on any atom is -0.358 e. The molecule has 1 aromatic carbocycles. The predicted molar refractivity (Wildman–Crippen MR) is 86.9 cm³/mol. The van der Waals surface area contributed by atoms with Crippen LogP contribution in [-0.2, 0) is 6.54 Å². The molecule has 6 heteroatoms. The summed E-state index contributed by atoms with van der Waals surface area (Å²) in [5.41, 5.74) is 2.05. The lowest BCUT2D eigenvalue weighted by Crippen LogP contribution is -2.27. The van der Waals surface area contributed by atoms with Gasteiger partial charge in [-0.3, -0.25) is 4.98 Å². The van der Waals surface area contributed by atoms with Crippen molar-refractivity contribution in [1.29, 1.82) is 0 Å². The Morgan fingerprint density at radius 1 is 1.25 bits per heavy atom. The molecular formula is C14H12N4S2. The molecule has 0 unspecified atom stereocenters. The van der Waals surface area contributed by atoms with Gasteiger partial charge in [-0.25, -0.2) is 0 Å². The molecular weight excluding hydrogens is 288 g/mol. The number of nitrogens with zero attached hydrogens (tertiary/aromatic N) is 2. The van der Waals surface area contributed by atoms with E-state index in [-0.39, 0.29) is 0 Å². The first kappa shape index (κ1) is 13.0. The Bertz CT molecular complexity index is 724. The minimum absolute atomic E-state index is 0.594. The molecule has 2 heterocycles. The van der Waals surface area contributed by atoms with Gasteiger partial charge in [0.15, 0.2) is 5.11 Å². The van der Waals surface area contributed by atoms with E-state index in [0.29, 0.717) is 11.7 Å². The first-order chi connectivity index (χ1) is 9.81. The lowest BCUT2D eigenvalue weighted by molar-refractivity contribution is 0.917. The summed E-state index contributed by atoms with van der Waals surface area (Å²) in [4.78, 5) is 4.07. The molecule has 3 rings (SSSR count). The Balaban J connectivity index is 1.61. The Labute approximate surface area is 126 Å². The number of benzene rings is 1. The van der Waals surface area contributed by atoms with Crippen LogP contribution in [0.1, 0.15) is 5.56 Å². The van der Waals surface area contributed by atoms with Crippen molar-refractivity contribution in [1.82, 2.24) is 14.7 Å². The van der Waals surface area contributed by atoms with Crippen LogP contribution in [0.25, 0.3) is 10.1 Å². The van der Waals surface area contributed by atoms with Crippen molar-refractivity contribution in [3.8, 4) is 0 Å². The van der Waals surface area contributed by atoms with Gasteiger partial charge in [0.1, 0.15) is 0 Å². The van der Waals surface area contributed by atoms with Crippen LogP contribution in [-0.4, -0.2) is 14.5 Å². The summed E-state index contributed by atoms with van der Waals surface area (Å²) in [6.45, 7) is 0.655. The molecule has 2 N–H and O–H groups in total. The number of rotatable bonds is 3. The third-order valence-corrected chi connectivity index (χ3v) is 3.81. The van der Waals surface area contributed by atoms with E-state index >= 15 is 0 Å². The van der Waals surface area contributed by atoms with E-state index < -0.39 is 0 Å². The van der Waals surface area contributed by atoms with Crippen molar-refractivity contribution in [2.45, 2.75) is 6.54 Å². The number of hydrogen-bond donors (Lipinski definition) is 2. The molecule has 0 bridgehead atoms. The molecule has 0 aliphatic carbocycles. The summed E-state index contributed by atoms with van der Waals surface area (Å²) < 4.78 is 5.33. The first-order valence-electron chi connectivity index (χ1n) is 6.09. The zero-order valence-corrected chi connectivity index (χ0v) is 12.2. The smallest absolute Gasteiger partial charge is 0.171 e. The molecule has 0 spiro atoms. The average Bonchev–Trinajstić information content (AvgIpc) is 2.94. The molecule has 20 heavy (non-hydrogen) atoms. The minimum atomic E-state index is 0.594. The molecule has 0 aliphatic rings. The third kappa shape index (κ3) is 3.09. The van der Waals surface area contributed by atoms with Crippen molar-refractivity contribution < 1.29 is 0 Å². The van der Waals surface area contributed by atoms with Crippen molar-refractivity contribution in [2.75, 3.05) is 5.32 Å². The number of hydrogen-bond acceptors (Lipinski definition) is 4. The molecule has 0 amide bonds. The molecule has 0 fully saturated rings. The van der Waals surface area contributed by atoms with E-state index in [4.69, 9.17) is 12.2 Å². The number of fused-ring (bicyclic) bond motifs is 1. The standard InChI is InChI=1S/C14H12N4S2/c19-14(16-8-10-2-1-5-15-7-10)18-12-3-4-13-11(6-12)9-17-20-13/h1-7,9H,8H2,(H2,16,18,19). The Morgan fingerprint density at radius 2 is 2.20 bits per heavy atom. The summed E-state index contributed by atoms with van der Waals surface area (Å²) >= 11 is 6.77. The Kier molecular flexibility index (Phi) is 3.85. The molecule has 0 saturated carbocycles. The van der Waals surface area contributed by atoms with Gasteiger partial charge in [-0.15, -0.1) is 0 Å². The second-order valence-electron chi connectivity index (χ2n) is 4.25. The summed E-state index contributed by atoms with van der Waals surface area (Å²) in [7, 11) is 0. The highest BCUT2D eigenvalue weighted by atomic mass is 32.1. The van der Waals surface area contributed by atoms with Gasteiger partial charge >= 0.3 is 0 Å². The molecule has 0 aliphatic heterocycles. The summed E-state index contributed by atoms with van der Waals surface area (Å²) in [6.07, 6.45) is 5.43. The summed E-state index contributed by atoms with van der Waals surface area (Å²) in [6, 6.07) is 9.99. The lowest BCUT2D eigenvalue weighted by Gasteiger charge is -2.10. The maximum atomic E-state index is 5.28. The number of aromatic nitrogens is 2. The predicted octanol–water partition coefficient (Wildman–Crippen LogP) is 3.18. The maximum Gasteiger partial charge on any atom is 0.171 e. The second-order valence-corrected chi connectivity index (χ2v) is 5.49. The molecule has 0 atom stereocenters. The largest absolute Gasteiger partial charge is 0.358 e. The monoisotopic (exact) mass is 300 g/mol. The highest BCUT2D eigenvalue weighted by Crippen LogP contribution is 2.21. The van der Waals surface area contributed by atoms with Gasteiger partial charge in [-0.1, -0.05) is 6.07 Å². The molecule has 3 aromatic rings. The Morgan fingerprint density at radius 3 is 3.05 bits per heavy atom. The highest BCUT2D eigenvalue weighted by Gasteiger charge is 2.01. The lowest BCUT2D eigenvalue weighted by atomic mass is 10.2. The van der Waals surface area contributed by atoms with Crippen LogP contribution in [0.5, 0.6) is 0 Å². The van der Waals surface area contributed by atoms with Crippen molar-refractivity contribution in [3.05, 3.63) is 54.5 Å². The van der Waals surface area contributed by atoms with Crippen molar-refractivity contribution in [3.63, 3.8) is 0 Å². The molecule has 0 saturated heterocycles. The van der Waals surface area contributed by atoms with Crippen LogP contribution in [0, 0.1) is 0 Å². The van der Waals surface area contributed by atoms with Gasteiger partial charge in [-0.05, 0) is 53.6 Å². The van der Waals surface area contributed by atoms with Crippen LogP contribution in [0.2, 0.25) is 0 Å². The summed E-state index contributed by atoms with van der Waals surface area (Å²) in [5.74, 6) is 0. The molecule has 2 aromatic heterocycles. The van der Waals surface area contributed by atoms with Gasteiger partial charge in [0.05, 0.1) is 4.70 Å². The zero-order chi connectivity index (χ0) is 13.8. The fourth-order valence-electron chi connectivity index (χ4n) is 1.81. The van der Waals surface area contributed by atoms with Gasteiger partial charge in [0.2, 0.25) is 0 Å². The van der Waals surface area contributed by atoms with Crippen molar-refractivity contribution in [2.24, 2.45) is 0 Å². The second kappa shape index (κ2) is 5.94. The van der Waals surface area contributed by atoms with E-state index in [1.165, 1.54) is 16.2 Å². The number of anilines is 1. The SMILES string of the molecule is S=C(NCc1cccnc1)Nc1ccc2sncc2c1. The topological polar surface area (TPSA) is 49.8 Å². The molecule has 100 valence electrons. The quantitative estimate of drug-likeness (QED) is 0.728. The van der Waals surface area contributed by atoms with Gasteiger partial charge in [0, 0.05) is 36.2 Å². The number of thiocarbonyl (C=S) groups is 1. The van der Waals surface area contributed by atoms with Gasteiger partial charge < -0.3 is 10.6 Å². The molecule has 0 radical (unpaired) electrons. The number of nitrogens with one attached hydrogen (secondary N) is 2. The van der Waals surface area contributed by atoms with E-state index in [1.807, 2.05) is 42.7 Å². The van der Waals surface area contributed by atoms with Crippen LogP contribution in [0.4, 0.5) is 5.69 Å². The van der Waals surface area contributed by atoms with Crippen molar-refractivity contribution >= 4 is 44.6 Å². The van der Waals surface area contributed by atoms with E-state index in [2.05, 4.69) is 20.0 Å². The maximum absolute atomic E-state index is 5.28.